The normalized spacial score (nSPS) is 30.6. The Balaban J connectivity index is 2.55. The first-order valence-corrected chi connectivity index (χ1v) is 6.16. The second-order valence-corrected chi connectivity index (χ2v) is 5.98. The van der Waals surface area contributed by atoms with E-state index >= 15 is 0 Å². The summed E-state index contributed by atoms with van der Waals surface area (Å²) in [5.41, 5.74) is 0.405. The van der Waals surface area contributed by atoms with E-state index < -0.39 is 0 Å². The van der Waals surface area contributed by atoms with Crippen molar-refractivity contribution in [3.63, 3.8) is 0 Å². The first-order valence-electron chi connectivity index (χ1n) is 6.16. The zero-order valence-electron chi connectivity index (χ0n) is 10.6. The molecule has 0 amide bonds. The van der Waals surface area contributed by atoms with E-state index in [4.69, 9.17) is 0 Å². The Kier molecular flexibility index (Phi) is 4.00. The van der Waals surface area contributed by atoms with E-state index in [1.54, 1.807) is 0 Å². The summed E-state index contributed by atoms with van der Waals surface area (Å²) in [6, 6.07) is 0.694. The number of hydrogen-bond acceptors (Lipinski definition) is 1. The van der Waals surface area contributed by atoms with Crippen LogP contribution in [0.15, 0.2) is 0 Å². The monoisotopic (exact) mass is 197 g/mol. The van der Waals surface area contributed by atoms with Crippen molar-refractivity contribution in [3.05, 3.63) is 0 Å². The topological polar surface area (TPSA) is 12.0 Å². The molecule has 0 spiro atoms. The Morgan fingerprint density at radius 1 is 1.29 bits per heavy atom. The molecule has 0 saturated heterocycles. The quantitative estimate of drug-likeness (QED) is 0.731. The molecule has 0 bridgehead atoms. The highest BCUT2D eigenvalue weighted by molar-refractivity contribution is 4.90. The van der Waals surface area contributed by atoms with Crippen LogP contribution in [0.25, 0.3) is 0 Å². The molecule has 1 heteroatoms. The van der Waals surface area contributed by atoms with Crippen LogP contribution in [0, 0.1) is 17.3 Å². The maximum absolute atomic E-state index is 3.53. The third kappa shape index (κ3) is 2.73. The molecule has 1 saturated carbocycles. The molecule has 0 radical (unpaired) electrons. The first-order chi connectivity index (χ1) is 6.49. The van der Waals surface area contributed by atoms with E-state index in [0.717, 1.165) is 11.8 Å². The van der Waals surface area contributed by atoms with Crippen LogP contribution < -0.4 is 5.32 Å². The molecule has 1 nitrogen and oxygen atoms in total. The minimum Gasteiger partial charge on any atom is -0.316 e. The molecule has 1 rings (SSSR count). The minimum atomic E-state index is 0.405. The lowest BCUT2D eigenvalue weighted by Gasteiger charge is -2.35. The molecule has 0 aromatic heterocycles. The van der Waals surface area contributed by atoms with E-state index in [-0.39, 0.29) is 0 Å². The third-order valence-electron chi connectivity index (χ3n) is 3.87. The lowest BCUT2D eigenvalue weighted by molar-refractivity contribution is 0.200. The van der Waals surface area contributed by atoms with Gasteiger partial charge in [-0.1, -0.05) is 40.5 Å². The molecule has 0 aromatic carbocycles. The van der Waals surface area contributed by atoms with Gasteiger partial charge in [-0.05, 0) is 37.1 Å². The van der Waals surface area contributed by atoms with Crippen molar-refractivity contribution in [3.8, 4) is 0 Å². The van der Waals surface area contributed by atoms with Crippen molar-refractivity contribution in [2.24, 2.45) is 17.3 Å². The molecule has 0 aliphatic heterocycles. The number of nitrogens with one attached hydrogen (secondary N) is 1. The minimum absolute atomic E-state index is 0.405. The van der Waals surface area contributed by atoms with Crippen LogP contribution in [-0.4, -0.2) is 13.1 Å². The van der Waals surface area contributed by atoms with Crippen molar-refractivity contribution >= 4 is 0 Å². The molecule has 1 fully saturated rings. The van der Waals surface area contributed by atoms with Crippen LogP contribution in [0.3, 0.4) is 0 Å². The Morgan fingerprint density at radius 2 is 1.93 bits per heavy atom. The van der Waals surface area contributed by atoms with Crippen molar-refractivity contribution in [2.45, 2.75) is 59.4 Å². The summed E-state index contributed by atoms with van der Waals surface area (Å²) < 4.78 is 0. The molecule has 1 aliphatic carbocycles. The predicted molar refractivity (Wildman–Crippen MR) is 63.4 cm³/mol. The molecule has 14 heavy (non-hydrogen) atoms. The summed E-state index contributed by atoms with van der Waals surface area (Å²) in [5.74, 6) is 1.91. The van der Waals surface area contributed by atoms with Gasteiger partial charge in [-0.2, -0.15) is 0 Å². The first kappa shape index (κ1) is 12.0. The van der Waals surface area contributed by atoms with Gasteiger partial charge in [0.15, 0.2) is 0 Å². The average Bonchev–Trinajstić information content (AvgIpc) is 2.51. The lowest BCUT2D eigenvalue weighted by atomic mass is 9.78. The zero-order valence-corrected chi connectivity index (χ0v) is 10.6. The van der Waals surface area contributed by atoms with Gasteiger partial charge < -0.3 is 5.32 Å². The van der Waals surface area contributed by atoms with Crippen LogP contribution in [0.2, 0.25) is 0 Å². The lowest BCUT2D eigenvalue weighted by Crippen LogP contribution is -2.43. The fraction of sp³-hybridized carbons (Fsp3) is 1.00. The standard InChI is InChI=1S/C13H27N/c1-6-10-7-8-11(9-10)12(14-5)13(2,3)4/h10-12,14H,6-9H2,1-5H3. The molecule has 0 aromatic rings. The highest BCUT2D eigenvalue weighted by Crippen LogP contribution is 2.39. The predicted octanol–water partition coefficient (Wildman–Crippen LogP) is 3.45. The van der Waals surface area contributed by atoms with Gasteiger partial charge in [0.2, 0.25) is 0 Å². The van der Waals surface area contributed by atoms with Crippen LogP contribution in [0.1, 0.15) is 53.4 Å². The second-order valence-electron chi connectivity index (χ2n) is 5.98. The Labute approximate surface area is 89.7 Å². The SMILES string of the molecule is CCC1CCC(C(NC)C(C)(C)C)C1. The summed E-state index contributed by atoms with van der Waals surface area (Å²) in [7, 11) is 2.12. The molecule has 3 unspecified atom stereocenters. The zero-order chi connectivity index (χ0) is 10.8. The van der Waals surface area contributed by atoms with E-state index in [1.807, 2.05) is 0 Å². The highest BCUT2D eigenvalue weighted by atomic mass is 14.9. The highest BCUT2D eigenvalue weighted by Gasteiger charge is 2.35. The van der Waals surface area contributed by atoms with E-state index in [9.17, 15) is 0 Å². The van der Waals surface area contributed by atoms with Gasteiger partial charge in [0.1, 0.15) is 0 Å². The second kappa shape index (κ2) is 4.65. The third-order valence-corrected chi connectivity index (χ3v) is 3.87. The van der Waals surface area contributed by atoms with Crippen LogP contribution in [0.5, 0.6) is 0 Å². The summed E-state index contributed by atoms with van der Waals surface area (Å²) >= 11 is 0. The fourth-order valence-electron chi connectivity index (χ4n) is 3.16. The van der Waals surface area contributed by atoms with Crippen LogP contribution in [-0.2, 0) is 0 Å². The molecular weight excluding hydrogens is 170 g/mol. The molecule has 84 valence electrons. The van der Waals surface area contributed by atoms with Crippen LogP contribution >= 0.6 is 0 Å². The van der Waals surface area contributed by atoms with Gasteiger partial charge in [0, 0.05) is 6.04 Å². The Hall–Kier alpha value is -0.0400. The fourth-order valence-corrected chi connectivity index (χ4v) is 3.16. The van der Waals surface area contributed by atoms with Crippen molar-refractivity contribution in [2.75, 3.05) is 7.05 Å². The van der Waals surface area contributed by atoms with Crippen molar-refractivity contribution in [1.82, 2.24) is 5.32 Å². The summed E-state index contributed by atoms with van der Waals surface area (Å²) in [4.78, 5) is 0. The van der Waals surface area contributed by atoms with Crippen molar-refractivity contribution < 1.29 is 0 Å². The molecular formula is C13H27N. The Bertz CT molecular complexity index is 169. The number of rotatable bonds is 3. The van der Waals surface area contributed by atoms with E-state index in [1.165, 1.54) is 25.7 Å². The van der Waals surface area contributed by atoms with Gasteiger partial charge in [0.25, 0.3) is 0 Å². The average molecular weight is 197 g/mol. The maximum Gasteiger partial charge on any atom is 0.0141 e. The molecule has 3 atom stereocenters. The molecule has 1 aliphatic rings. The van der Waals surface area contributed by atoms with Gasteiger partial charge in [0.05, 0.1) is 0 Å². The number of hydrogen-bond donors (Lipinski definition) is 1. The van der Waals surface area contributed by atoms with Gasteiger partial charge in [-0.3, -0.25) is 0 Å². The Morgan fingerprint density at radius 3 is 2.29 bits per heavy atom. The largest absolute Gasteiger partial charge is 0.316 e. The summed E-state index contributed by atoms with van der Waals surface area (Å²) in [5, 5.41) is 3.53. The van der Waals surface area contributed by atoms with E-state index in [0.29, 0.717) is 11.5 Å². The maximum atomic E-state index is 3.53. The van der Waals surface area contributed by atoms with Gasteiger partial charge in [-0.15, -0.1) is 0 Å². The van der Waals surface area contributed by atoms with Gasteiger partial charge in [-0.25, -0.2) is 0 Å². The van der Waals surface area contributed by atoms with Crippen LogP contribution in [0.4, 0.5) is 0 Å². The molecule has 1 N–H and O–H groups in total. The summed E-state index contributed by atoms with van der Waals surface area (Å²) in [6.45, 7) is 9.40. The van der Waals surface area contributed by atoms with Gasteiger partial charge >= 0.3 is 0 Å². The van der Waals surface area contributed by atoms with Crippen molar-refractivity contribution in [1.29, 1.82) is 0 Å². The molecule has 0 heterocycles. The van der Waals surface area contributed by atoms with E-state index in [2.05, 4.69) is 40.1 Å². The smallest absolute Gasteiger partial charge is 0.0141 e. The summed E-state index contributed by atoms with van der Waals surface area (Å²) in [6.07, 6.45) is 5.70.